The molecule has 9 nitrogen and oxygen atoms in total. The number of carbonyl (C=O) groups is 1. The van der Waals surface area contributed by atoms with Crippen molar-refractivity contribution in [3.05, 3.63) is 87.7 Å². The van der Waals surface area contributed by atoms with Gasteiger partial charge in [-0.05, 0) is 122 Å². The van der Waals surface area contributed by atoms with Crippen LogP contribution in [0.3, 0.4) is 0 Å². The highest BCUT2D eigenvalue weighted by Crippen LogP contribution is 2.56. The number of methoxy groups -OCH3 is 1. The Morgan fingerprint density at radius 3 is 2.67 bits per heavy atom. The molecule has 3 aromatic rings. The summed E-state index contributed by atoms with van der Waals surface area (Å²) in [6.07, 6.45) is 9.46. The fourth-order valence-electron chi connectivity index (χ4n) is 8.56. The highest BCUT2D eigenvalue weighted by Gasteiger charge is 2.54. The fourth-order valence-corrected chi connectivity index (χ4v) is 9.04. The third-order valence-corrected chi connectivity index (χ3v) is 11.6. The predicted octanol–water partition coefficient (Wildman–Crippen LogP) is 7.61. The van der Waals surface area contributed by atoms with Crippen molar-refractivity contribution in [2.45, 2.75) is 95.1 Å². The van der Waals surface area contributed by atoms with Gasteiger partial charge in [-0.25, -0.2) is 8.98 Å². The summed E-state index contributed by atoms with van der Waals surface area (Å²) in [6, 6.07) is 15.3. The van der Waals surface area contributed by atoms with Crippen LogP contribution in [0, 0.1) is 11.8 Å². The third kappa shape index (κ3) is 7.22. The van der Waals surface area contributed by atoms with Gasteiger partial charge in [-0.3, -0.25) is 9.54 Å². The molecular weight excluding hydrogens is 652 g/mol. The molecule has 0 radical (unpaired) electrons. The number of hydrogen-bond acceptors (Lipinski definition) is 8. The summed E-state index contributed by atoms with van der Waals surface area (Å²) in [5, 5.41) is 4.07. The highest BCUT2D eigenvalue weighted by atomic mass is 35.5. The number of nitrogens with zero attached hydrogens (tertiary/aromatic N) is 1. The Bertz CT molecular complexity index is 1760. The molecule has 2 aromatic carbocycles. The molecule has 48 heavy (non-hydrogen) atoms. The fraction of sp³-hybridized carbons (Fsp3) is 0.514. The number of carbonyl (C=O) groups excluding carboxylic acids is 1. The van der Waals surface area contributed by atoms with Gasteiger partial charge in [-0.1, -0.05) is 49.7 Å². The van der Waals surface area contributed by atoms with E-state index >= 15 is 0 Å². The zero-order valence-corrected chi connectivity index (χ0v) is 29.4. The molecule has 2 N–H and O–H groups in total. The summed E-state index contributed by atoms with van der Waals surface area (Å²) < 4.78 is 48.6. The molecule has 0 aliphatic heterocycles. The van der Waals surface area contributed by atoms with Crippen LogP contribution in [0.25, 0.3) is 0 Å². The van der Waals surface area contributed by atoms with E-state index in [-0.39, 0.29) is 29.8 Å². The van der Waals surface area contributed by atoms with Crippen LogP contribution >= 0.6 is 11.6 Å². The molecule has 0 unspecified atom stereocenters. The molecule has 1 saturated carbocycles. The summed E-state index contributed by atoms with van der Waals surface area (Å²) >= 11 is 6.29. The van der Waals surface area contributed by atoms with Crippen LogP contribution in [0.15, 0.2) is 54.7 Å². The van der Waals surface area contributed by atoms with Crippen LogP contribution in [0.5, 0.6) is 5.75 Å². The molecule has 1 aromatic heterocycles. The van der Waals surface area contributed by atoms with Crippen LogP contribution in [0.1, 0.15) is 92.7 Å². The van der Waals surface area contributed by atoms with Crippen LogP contribution in [0.2, 0.25) is 5.02 Å². The Balaban J connectivity index is 1.26. The number of ether oxygens (including phenoxy) is 2. The monoisotopic (exact) mass is 696 g/mol. The van der Waals surface area contributed by atoms with E-state index in [2.05, 4.69) is 30.2 Å². The van der Waals surface area contributed by atoms with Crippen LogP contribution in [-0.2, 0) is 49.0 Å². The molecule has 3 aliphatic rings. The quantitative estimate of drug-likeness (QED) is 0.154. The molecule has 0 bridgehead atoms. The number of nitrogens with one attached hydrogen (secondary N) is 1. The predicted molar refractivity (Wildman–Crippen MR) is 185 cm³/mol. The van der Waals surface area contributed by atoms with Crippen molar-refractivity contribution in [1.29, 1.82) is 0 Å². The van der Waals surface area contributed by atoms with Gasteiger partial charge in [0.15, 0.2) is 0 Å². The lowest BCUT2D eigenvalue weighted by Gasteiger charge is -2.48. The van der Waals surface area contributed by atoms with Crippen molar-refractivity contribution in [3.8, 4) is 5.75 Å². The van der Waals surface area contributed by atoms with Gasteiger partial charge in [-0.15, -0.1) is 0 Å². The Morgan fingerprint density at radius 1 is 1.15 bits per heavy atom. The zero-order chi connectivity index (χ0) is 34.1. The second kappa shape index (κ2) is 14.0. The lowest BCUT2D eigenvalue weighted by Crippen LogP contribution is -2.53. The van der Waals surface area contributed by atoms with E-state index in [0.717, 1.165) is 67.6 Å². The van der Waals surface area contributed by atoms with Crippen molar-refractivity contribution in [2.75, 3.05) is 19.0 Å². The molecule has 1 spiro atoms. The lowest BCUT2D eigenvalue weighted by molar-refractivity contribution is -0.148. The van der Waals surface area contributed by atoms with E-state index in [1.165, 1.54) is 18.2 Å². The van der Waals surface area contributed by atoms with Crippen molar-refractivity contribution in [1.82, 2.24) is 4.98 Å². The maximum absolute atomic E-state index is 13.4. The van der Waals surface area contributed by atoms with E-state index in [1.807, 2.05) is 42.6 Å². The number of hydrogen-bond donors (Lipinski definition) is 2. The van der Waals surface area contributed by atoms with Gasteiger partial charge in [-0.2, -0.15) is 8.42 Å². The van der Waals surface area contributed by atoms with Gasteiger partial charge in [0.2, 0.25) is 0 Å². The molecule has 1 heterocycles. The molecule has 6 rings (SSSR count). The number of fused-ring (bicyclic) bond motifs is 3. The molecule has 1 fully saturated rings. The second-order valence-corrected chi connectivity index (χ2v) is 15.6. The van der Waals surface area contributed by atoms with E-state index in [4.69, 9.17) is 25.3 Å². The van der Waals surface area contributed by atoms with Gasteiger partial charge in [0.1, 0.15) is 11.3 Å². The summed E-state index contributed by atoms with van der Waals surface area (Å²) in [6.45, 7) is 4.82. The van der Waals surface area contributed by atoms with Crippen molar-refractivity contribution in [3.63, 3.8) is 0 Å². The first kappa shape index (κ1) is 34.7. The van der Waals surface area contributed by atoms with E-state index in [1.54, 1.807) is 6.07 Å². The lowest BCUT2D eigenvalue weighted by atomic mass is 9.59. The molecule has 0 saturated heterocycles. The summed E-state index contributed by atoms with van der Waals surface area (Å²) in [7, 11) is -3.16. The SMILES string of the molecule is COC(=O)C1(Nc2cccc(Cl)c2)CCC2(CC1)c1cc(COS(=O)(=O)O)ccc1C[C@@H]2C[C@@H](C)COc1ccnc2c1[C@H](C)CCC2. The Kier molecular flexibility index (Phi) is 10.1. The maximum atomic E-state index is 13.4. The number of benzene rings is 2. The molecule has 3 aliphatic carbocycles. The summed E-state index contributed by atoms with van der Waals surface area (Å²) in [4.78, 5) is 18.1. The topological polar surface area (TPSA) is 124 Å². The van der Waals surface area contributed by atoms with E-state index in [9.17, 15) is 17.8 Å². The number of esters is 1. The largest absolute Gasteiger partial charge is 0.493 e. The van der Waals surface area contributed by atoms with Crippen LogP contribution < -0.4 is 10.1 Å². The first-order valence-corrected chi connectivity index (χ1v) is 18.6. The highest BCUT2D eigenvalue weighted by molar-refractivity contribution is 7.80. The van der Waals surface area contributed by atoms with Crippen molar-refractivity contribution < 1.29 is 31.4 Å². The first-order chi connectivity index (χ1) is 22.9. The minimum absolute atomic E-state index is 0.253. The molecule has 11 heteroatoms. The smallest absolute Gasteiger partial charge is 0.397 e. The molecule has 0 amide bonds. The van der Waals surface area contributed by atoms with E-state index in [0.29, 0.717) is 36.0 Å². The maximum Gasteiger partial charge on any atom is 0.397 e. The van der Waals surface area contributed by atoms with Crippen molar-refractivity contribution >= 4 is 33.7 Å². The first-order valence-electron chi connectivity index (χ1n) is 16.9. The third-order valence-electron chi connectivity index (χ3n) is 10.9. The van der Waals surface area contributed by atoms with Crippen LogP contribution in [0.4, 0.5) is 5.69 Å². The average molecular weight is 697 g/mol. The molecule has 258 valence electrons. The zero-order valence-electron chi connectivity index (χ0n) is 27.8. The Hall–Kier alpha value is -3.18. The van der Waals surface area contributed by atoms with Gasteiger partial charge in [0.05, 0.1) is 20.3 Å². The number of anilines is 1. The van der Waals surface area contributed by atoms with E-state index < -0.39 is 15.9 Å². The average Bonchev–Trinajstić information content (AvgIpc) is 3.34. The van der Waals surface area contributed by atoms with Gasteiger partial charge in [0, 0.05) is 28.2 Å². The Labute approximate surface area is 288 Å². The molecule has 3 atom stereocenters. The number of rotatable bonds is 11. The standard InChI is InChI=1S/C37H45ClN2O7S/c1-24(22-46-33-12-17-39-32-9-4-6-25(2)34(32)33)18-28-20-27-11-10-26(23-47-48(42,43)44)19-31(27)36(28)13-15-37(16-14-36,35(41)45-3)40-30-8-5-7-29(38)21-30/h5,7-8,10-12,17,19,21,24-25,28,40H,4,6,9,13-16,18,20,22-23H2,1-3H3,(H,42,43,44)/t24-,25-,28+,36?,37?/m1/s1. The normalized spacial score (nSPS) is 25.6. The van der Waals surface area contributed by atoms with Crippen molar-refractivity contribution in [2.24, 2.45) is 11.8 Å². The van der Waals surface area contributed by atoms with Gasteiger partial charge >= 0.3 is 16.4 Å². The number of aryl methyl sites for hydroxylation is 1. The summed E-state index contributed by atoms with van der Waals surface area (Å²) in [5.74, 6) is 1.59. The minimum Gasteiger partial charge on any atom is -0.493 e. The van der Waals surface area contributed by atoms with Gasteiger partial charge < -0.3 is 14.8 Å². The van der Waals surface area contributed by atoms with Crippen LogP contribution in [-0.4, -0.2) is 43.2 Å². The Morgan fingerprint density at radius 2 is 1.94 bits per heavy atom. The number of aromatic nitrogens is 1. The number of halogens is 1. The molecular formula is C37H45ClN2O7S. The number of pyridine rings is 1. The second-order valence-electron chi connectivity index (χ2n) is 14.1. The minimum atomic E-state index is -4.58. The summed E-state index contributed by atoms with van der Waals surface area (Å²) in [5.41, 5.74) is 5.03. The van der Waals surface area contributed by atoms with Gasteiger partial charge in [0.25, 0.3) is 0 Å².